The van der Waals surface area contributed by atoms with Gasteiger partial charge in [0.25, 0.3) is 6.43 Å². The van der Waals surface area contributed by atoms with E-state index < -0.39 is 6.43 Å². The van der Waals surface area contributed by atoms with Gasteiger partial charge in [0, 0.05) is 11.6 Å². The number of fused-ring (bicyclic) bond motifs is 1. The smallest absolute Gasteiger partial charge is 0.278 e. The molecule has 0 aromatic carbocycles. The molecule has 0 atom stereocenters. The number of rotatable bonds is 1. The number of H-pyrrole nitrogens is 1. The highest BCUT2D eigenvalue weighted by Crippen LogP contribution is 2.21. The third kappa shape index (κ3) is 1.05. The predicted molar refractivity (Wildman–Crippen MR) is 41.1 cm³/mol. The second kappa shape index (κ2) is 2.55. The molecule has 4 heteroatoms. The van der Waals surface area contributed by atoms with Crippen LogP contribution in [-0.2, 0) is 0 Å². The van der Waals surface area contributed by atoms with Crippen molar-refractivity contribution in [1.29, 1.82) is 0 Å². The molecule has 0 aliphatic carbocycles. The third-order valence-electron chi connectivity index (χ3n) is 1.65. The highest BCUT2D eigenvalue weighted by molar-refractivity contribution is 5.76. The number of hydrogen-bond donors (Lipinski definition) is 1. The van der Waals surface area contributed by atoms with Crippen molar-refractivity contribution in [3.8, 4) is 0 Å². The van der Waals surface area contributed by atoms with Crippen LogP contribution in [0.25, 0.3) is 11.0 Å². The van der Waals surface area contributed by atoms with Gasteiger partial charge in [-0.15, -0.1) is 0 Å². The average Bonchev–Trinajstić information content (AvgIpc) is 2.46. The molecule has 2 rings (SSSR count). The van der Waals surface area contributed by atoms with Gasteiger partial charge >= 0.3 is 0 Å². The molecule has 12 heavy (non-hydrogen) atoms. The lowest BCUT2D eigenvalue weighted by molar-refractivity contribution is 0.147. The van der Waals surface area contributed by atoms with Gasteiger partial charge in [0.1, 0.15) is 5.65 Å². The Hall–Kier alpha value is -1.45. The van der Waals surface area contributed by atoms with Crippen molar-refractivity contribution in [3.05, 3.63) is 30.1 Å². The van der Waals surface area contributed by atoms with Gasteiger partial charge in [0.2, 0.25) is 0 Å². The van der Waals surface area contributed by atoms with Crippen molar-refractivity contribution in [2.75, 3.05) is 0 Å². The number of pyridine rings is 1. The average molecular weight is 168 g/mol. The van der Waals surface area contributed by atoms with Crippen LogP contribution in [0.1, 0.15) is 12.1 Å². The zero-order valence-electron chi connectivity index (χ0n) is 6.09. The molecule has 0 radical (unpaired) electrons. The van der Waals surface area contributed by atoms with Gasteiger partial charge in [0.15, 0.2) is 0 Å². The summed E-state index contributed by atoms with van der Waals surface area (Å²) in [6.45, 7) is 0. The number of aromatic nitrogens is 2. The summed E-state index contributed by atoms with van der Waals surface area (Å²) in [5.74, 6) is 0. The van der Waals surface area contributed by atoms with E-state index in [2.05, 4.69) is 9.97 Å². The molecule has 0 fully saturated rings. The molecular formula is C8H6F2N2. The Morgan fingerprint density at radius 1 is 1.42 bits per heavy atom. The summed E-state index contributed by atoms with van der Waals surface area (Å²) >= 11 is 0. The van der Waals surface area contributed by atoms with Crippen LogP contribution in [0.2, 0.25) is 0 Å². The van der Waals surface area contributed by atoms with E-state index in [1.54, 1.807) is 18.3 Å². The Kier molecular flexibility index (Phi) is 1.53. The van der Waals surface area contributed by atoms with Crippen LogP contribution in [0.15, 0.2) is 24.4 Å². The van der Waals surface area contributed by atoms with E-state index in [1.807, 2.05) is 0 Å². The van der Waals surface area contributed by atoms with Crippen LogP contribution < -0.4 is 0 Å². The van der Waals surface area contributed by atoms with Crippen molar-refractivity contribution in [2.45, 2.75) is 6.43 Å². The molecule has 0 amide bonds. The highest BCUT2D eigenvalue weighted by Gasteiger charge is 2.09. The first kappa shape index (κ1) is 7.21. The molecule has 2 heterocycles. The van der Waals surface area contributed by atoms with E-state index >= 15 is 0 Å². The standard InChI is InChI=1S/C8H6F2N2/c9-7(10)6-4-5-2-1-3-11-8(5)12-6/h1-4,7H,(H,11,12). The zero-order chi connectivity index (χ0) is 8.55. The number of hydrogen-bond acceptors (Lipinski definition) is 1. The summed E-state index contributed by atoms with van der Waals surface area (Å²) in [5.41, 5.74) is 0.427. The first-order valence-corrected chi connectivity index (χ1v) is 3.49. The largest absolute Gasteiger partial charge is 0.338 e. The van der Waals surface area contributed by atoms with Crippen molar-refractivity contribution >= 4 is 11.0 Å². The molecule has 0 unspecified atom stereocenters. The minimum Gasteiger partial charge on any atom is -0.338 e. The van der Waals surface area contributed by atoms with E-state index in [4.69, 9.17) is 0 Å². The van der Waals surface area contributed by atoms with Gasteiger partial charge in [-0.05, 0) is 18.2 Å². The quantitative estimate of drug-likeness (QED) is 0.696. The first-order chi connectivity index (χ1) is 5.77. The lowest BCUT2D eigenvalue weighted by Gasteiger charge is -1.89. The Bertz CT molecular complexity index is 362. The predicted octanol–water partition coefficient (Wildman–Crippen LogP) is 2.50. The Balaban J connectivity index is 2.62. The summed E-state index contributed by atoms with van der Waals surface area (Å²) in [5, 5.41) is 0.716. The van der Waals surface area contributed by atoms with Crippen molar-refractivity contribution < 1.29 is 8.78 Å². The monoisotopic (exact) mass is 168 g/mol. The Morgan fingerprint density at radius 3 is 2.92 bits per heavy atom. The fraction of sp³-hybridized carbons (Fsp3) is 0.125. The third-order valence-corrected chi connectivity index (χ3v) is 1.65. The van der Waals surface area contributed by atoms with Gasteiger partial charge in [0.05, 0.1) is 5.69 Å². The van der Waals surface area contributed by atoms with Crippen LogP contribution in [-0.4, -0.2) is 9.97 Å². The Labute approximate surface area is 67.2 Å². The maximum absolute atomic E-state index is 12.1. The molecule has 0 aliphatic rings. The molecular weight excluding hydrogens is 162 g/mol. The number of alkyl halides is 2. The minimum atomic E-state index is -2.46. The molecule has 2 aromatic heterocycles. The molecule has 0 saturated heterocycles. The van der Waals surface area contributed by atoms with E-state index in [0.29, 0.717) is 11.0 Å². The molecule has 0 spiro atoms. The van der Waals surface area contributed by atoms with Crippen LogP contribution in [0.3, 0.4) is 0 Å². The molecule has 0 aliphatic heterocycles. The maximum Gasteiger partial charge on any atom is 0.278 e. The summed E-state index contributed by atoms with van der Waals surface area (Å²) in [6.07, 6.45) is -0.895. The summed E-state index contributed by atoms with van der Waals surface area (Å²) in [7, 11) is 0. The number of nitrogens with one attached hydrogen (secondary N) is 1. The molecule has 1 N–H and O–H groups in total. The second-order valence-electron chi connectivity index (χ2n) is 2.47. The highest BCUT2D eigenvalue weighted by atomic mass is 19.3. The van der Waals surface area contributed by atoms with Gasteiger partial charge < -0.3 is 4.98 Å². The molecule has 0 saturated carbocycles. The van der Waals surface area contributed by atoms with Gasteiger partial charge in [-0.25, -0.2) is 13.8 Å². The van der Waals surface area contributed by atoms with E-state index in [1.165, 1.54) is 6.07 Å². The first-order valence-electron chi connectivity index (χ1n) is 3.49. The van der Waals surface area contributed by atoms with E-state index in [0.717, 1.165) is 0 Å². The zero-order valence-corrected chi connectivity index (χ0v) is 6.09. The Morgan fingerprint density at radius 2 is 2.25 bits per heavy atom. The maximum atomic E-state index is 12.1. The molecule has 2 nitrogen and oxygen atoms in total. The lowest BCUT2D eigenvalue weighted by atomic mass is 10.3. The SMILES string of the molecule is FC(F)c1cc2cccnc2[nH]1. The number of nitrogens with zero attached hydrogens (tertiary/aromatic N) is 1. The van der Waals surface area contributed by atoms with Crippen LogP contribution in [0, 0.1) is 0 Å². The fourth-order valence-electron chi connectivity index (χ4n) is 1.10. The van der Waals surface area contributed by atoms with Crippen LogP contribution in [0.4, 0.5) is 8.78 Å². The number of halogens is 2. The van der Waals surface area contributed by atoms with Crippen molar-refractivity contribution in [2.24, 2.45) is 0 Å². The topological polar surface area (TPSA) is 28.7 Å². The van der Waals surface area contributed by atoms with Crippen LogP contribution in [0.5, 0.6) is 0 Å². The summed E-state index contributed by atoms with van der Waals surface area (Å²) < 4.78 is 24.3. The minimum absolute atomic E-state index is 0.0799. The van der Waals surface area contributed by atoms with E-state index in [-0.39, 0.29) is 5.69 Å². The van der Waals surface area contributed by atoms with Gasteiger partial charge in [-0.2, -0.15) is 0 Å². The van der Waals surface area contributed by atoms with Crippen molar-refractivity contribution in [3.63, 3.8) is 0 Å². The van der Waals surface area contributed by atoms with E-state index in [9.17, 15) is 8.78 Å². The normalized spacial score (nSPS) is 11.2. The van der Waals surface area contributed by atoms with Crippen molar-refractivity contribution in [1.82, 2.24) is 9.97 Å². The molecule has 2 aromatic rings. The fourth-order valence-corrected chi connectivity index (χ4v) is 1.10. The van der Waals surface area contributed by atoms with Gasteiger partial charge in [-0.1, -0.05) is 0 Å². The summed E-state index contributed by atoms with van der Waals surface area (Å²) in [4.78, 5) is 6.43. The second-order valence-corrected chi connectivity index (χ2v) is 2.47. The number of aromatic amines is 1. The lowest BCUT2D eigenvalue weighted by Crippen LogP contribution is -1.81. The molecule has 62 valence electrons. The van der Waals surface area contributed by atoms with Crippen LogP contribution >= 0.6 is 0 Å². The summed E-state index contributed by atoms with van der Waals surface area (Å²) in [6, 6.07) is 4.86. The van der Waals surface area contributed by atoms with Gasteiger partial charge in [-0.3, -0.25) is 0 Å². The molecule has 0 bridgehead atoms.